The van der Waals surface area contributed by atoms with Gasteiger partial charge < -0.3 is 15.5 Å². The van der Waals surface area contributed by atoms with E-state index < -0.39 is 0 Å². The Balaban J connectivity index is 1.46. The predicted molar refractivity (Wildman–Crippen MR) is 92.4 cm³/mol. The zero-order valence-corrected chi connectivity index (χ0v) is 14.0. The fourth-order valence-electron chi connectivity index (χ4n) is 2.72. The van der Waals surface area contributed by atoms with Crippen molar-refractivity contribution in [2.45, 2.75) is 13.3 Å². The van der Waals surface area contributed by atoms with Gasteiger partial charge in [-0.2, -0.15) is 0 Å². The summed E-state index contributed by atoms with van der Waals surface area (Å²) in [5.74, 6) is -0.173. The molecule has 24 heavy (non-hydrogen) atoms. The standard InChI is InChI=1S/C17H24N6O/c1-14-3-5-15(6-4-14)23-13-16(20-21-23)17(24)19-7-2-10-22-11-8-18-9-12-22/h3-6,13,18H,2,7-12H2,1H3,(H,19,24). The fraction of sp³-hybridized carbons (Fsp3) is 0.471. The Morgan fingerprint density at radius 2 is 2.00 bits per heavy atom. The van der Waals surface area contributed by atoms with Crippen LogP contribution < -0.4 is 10.6 Å². The maximum atomic E-state index is 12.1. The Bertz CT molecular complexity index is 660. The number of aromatic nitrogens is 3. The number of hydrogen-bond acceptors (Lipinski definition) is 5. The summed E-state index contributed by atoms with van der Waals surface area (Å²) in [7, 11) is 0. The van der Waals surface area contributed by atoms with Crippen molar-refractivity contribution < 1.29 is 4.79 Å². The van der Waals surface area contributed by atoms with Crippen molar-refractivity contribution in [1.29, 1.82) is 0 Å². The van der Waals surface area contributed by atoms with E-state index in [1.54, 1.807) is 10.9 Å². The van der Waals surface area contributed by atoms with Crippen LogP contribution in [0.5, 0.6) is 0 Å². The van der Waals surface area contributed by atoms with Crippen molar-refractivity contribution >= 4 is 5.91 Å². The lowest BCUT2D eigenvalue weighted by molar-refractivity contribution is 0.0946. The van der Waals surface area contributed by atoms with E-state index in [0.717, 1.165) is 44.8 Å². The van der Waals surface area contributed by atoms with Crippen molar-refractivity contribution in [3.63, 3.8) is 0 Å². The molecular weight excluding hydrogens is 304 g/mol. The third-order valence-electron chi connectivity index (χ3n) is 4.17. The maximum Gasteiger partial charge on any atom is 0.273 e. The summed E-state index contributed by atoms with van der Waals surface area (Å²) in [6.07, 6.45) is 2.61. The minimum Gasteiger partial charge on any atom is -0.351 e. The van der Waals surface area contributed by atoms with E-state index in [1.165, 1.54) is 5.56 Å². The third kappa shape index (κ3) is 4.39. The monoisotopic (exact) mass is 328 g/mol. The van der Waals surface area contributed by atoms with Crippen LogP contribution in [0.1, 0.15) is 22.5 Å². The van der Waals surface area contributed by atoms with Gasteiger partial charge in [-0.3, -0.25) is 4.79 Å². The number of nitrogens with zero attached hydrogens (tertiary/aromatic N) is 4. The van der Waals surface area contributed by atoms with Gasteiger partial charge in [0.15, 0.2) is 5.69 Å². The molecule has 0 aliphatic carbocycles. The van der Waals surface area contributed by atoms with Crippen LogP contribution in [0.3, 0.4) is 0 Å². The first-order valence-corrected chi connectivity index (χ1v) is 8.43. The fourth-order valence-corrected chi connectivity index (χ4v) is 2.72. The summed E-state index contributed by atoms with van der Waals surface area (Å²) >= 11 is 0. The van der Waals surface area contributed by atoms with Crippen LogP contribution in [0.15, 0.2) is 30.5 Å². The van der Waals surface area contributed by atoms with Crippen molar-refractivity contribution in [2.24, 2.45) is 0 Å². The molecule has 7 heteroatoms. The highest BCUT2D eigenvalue weighted by molar-refractivity contribution is 5.91. The molecule has 1 fully saturated rings. The number of rotatable bonds is 6. The largest absolute Gasteiger partial charge is 0.351 e. The highest BCUT2D eigenvalue weighted by Crippen LogP contribution is 2.08. The van der Waals surface area contributed by atoms with Gasteiger partial charge in [-0.1, -0.05) is 22.9 Å². The Morgan fingerprint density at radius 3 is 2.75 bits per heavy atom. The molecule has 1 aromatic heterocycles. The molecule has 2 N–H and O–H groups in total. The van der Waals surface area contributed by atoms with E-state index in [0.29, 0.717) is 12.2 Å². The summed E-state index contributed by atoms with van der Waals surface area (Å²) in [5.41, 5.74) is 2.42. The molecule has 1 aromatic carbocycles. The first-order chi connectivity index (χ1) is 11.7. The number of amides is 1. The van der Waals surface area contributed by atoms with E-state index in [1.807, 2.05) is 31.2 Å². The molecule has 0 radical (unpaired) electrons. The van der Waals surface area contributed by atoms with Gasteiger partial charge in [-0.25, -0.2) is 4.68 Å². The molecule has 3 rings (SSSR count). The van der Waals surface area contributed by atoms with Crippen molar-refractivity contribution in [3.8, 4) is 5.69 Å². The second kappa shape index (κ2) is 8.03. The van der Waals surface area contributed by atoms with E-state index in [9.17, 15) is 4.79 Å². The van der Waals surface area contributed by atoms with Crippen LogP contribution in [-0.4, -0.2) is 65.1 Å². The number of carbonyl (C=O) groups is 1. The smallest absolute Gasteiger partial charge is 0.273 e. The Kier molecular flexibility index (Phi) is 5.55. The molecule has 1 aliphatic heterocycles. The van der Waals surface area contributed by atoms with Gasteiger partial charge in [0.05, 0.1) is 11.9 Å². The van der Waals surface area contributed by atoms with Crippen molar-refractivity contribution in [1.82, 2.24) is 30.5 Å². The Morgan fingerprint density at radius 1 is 1.25 bits per heavy atom. The lowest BCUT2D eigenvalue weighted by atomic mass is 10.2. The second-order valence-electron chi connectivity index (χ2n) is 6.08. The first kappa shape index (κ1) is 16.6. The first-order valence-electron chi connectivity index (χ1n) is 8.43. The zero-order valence-electron chi connectivity index (χ0n) is 14.0. The summed E-state index contributed by atoms with van der Waals surface area (Å²) in [4.78, 5) is 14.6. The van der Waals surface area contributed by atoms with Crippen molar-refractivity contribution in [2.75, 3.05) is 39.3 Å². The number of carbonyl (C=O) groups excluding carboxylic acids is 1. The zero-order chi connectivity index (χ0) is 16.8. The molecule has 1 amide bonds. The third-order valence-corrected chi connectivity index (χ3v) is 4.17. The van der Waals surface area contributed by atoms with Crippen LogP contribution in [0.2, 0.25) is 0 Å². The maximum absolute atomic E-state index is 12.1. The van der Waals surface area contributed by atoms with Gasteiger partial charge in [0.2, 0.25) is 0 Å². The molecule has 2 heterocycles. The normalized spacial score (nSPS) is 15.4. The van der Waals surface area contributed by atoms with E-state index in [-0.39, 0.29) is 5.91 Å². The lowest BCUT2D eigenvalue weighted by Crippen LogP contribution is -2.44. The molecule has 0 spiro atoms. The quantitative estimate of drug-likeness (QED) is 0.760. The van der Waals surface area contributed by atoms with E-state index in [4.69, 9.17) is 0 Å². The molecule has 2 aromatic rings. The van der Waals surface area contributed by atoms with E-state index in [2.05, 4.69) is 25.8 Å². The lowest BCUT2D eigenvalue weighted by Gasteiger charge is -2.26. The molecule has 0 saturated carbocycles. The summed E-state index contributed by atoms with van der Waals surface area (Å²) < 4.78 is 1.62. The van der Waals surface area contributed by atoms with Crippen LogP contribution in [-0.2, 0) is 0 Å². The van der Waals surface area contributed by atoms with Crippen LogP contribution in [0, 0.1) is 6.92 Å². The highest BCUT2D eigenvalue weighted by atomic mass is 16.2. The topological polar surface area (TPSA) is 75.1 Å². The Hall–Kier alpha value is -2.25. The highest BCUT2D eigenvalue weighted by Gasteiger charge is 2.12. The predicted octanol–water partition coefficient (Wildman–Crippen LogP) is 0.601. The van der Waals surface area contributed by atoms with Gasteiger partial charge in [-0.15, -0.1) is 5.10 Å². The summed E-state index contributed by atoms with van der Waals surface area (Å²) in [6.45, 7) is 7.96. The van der Waals surface area contributed by atoms with Crippen LogP contribution in [0.25, 0.3) is 5.69 Å². The van der Waals surface area contributed by atoms with Crippen LogP contribution in [0.4, 0.5) is 0 Å². The summed E-state index contributed by atoms with van der Waals surface area (Å²) in [5, 5.41) is 14.2. The molecule has 128 valence electrons. The molecule has 0 atom stereocenters. The van der Waals surface area contributed by atoms with Gasteiger partial charge in [0.1, 0.15) is 0 Å². The Labute approximate surface area is 142 Å². The number of aryl methyl sites for hydroxylation is 1. The average Bonchev–Trinajstić information content (AvgIpc) is 3.10. The number of piperazine rings is 1. The second-order valence-corrected chi connectivity index (χ2v) is 6.08. The summed E-state index contributed by atoms with van der Waals surface area (Å²) in [6, 6.07) is 7.93. The minimum absolute atomic E-state index is 0.173. The average molecular weight is 328 g/mol. The molecule has 7 nitrogen and oxygen atoms in total. The number of hydrogen-bond donors (Lipinski definition) is 2. The molecule has 1 aliphatic rings. The molecule has 1 saturated heterocycles. The number of benzene rings is 1. The number of nitrogens with one attached hydrogen (secondary N) is 2. The SMILES string of the molecule is Cc1ccc(-n2cc(C(=O)NCCCN3CCNCC3)nn2)cc1. The van der Waals surface area contributed by atoms with E-state index >= 15 is 0 Å². The molecule has 0 unspecified atom stereocenters. The van der Waals surface area contributed by atoms with Crippen LogP contribution >= 0.6 is 0 Å². The minimum atomic E-state index is -0.173. The van der Waals surface area contributed by atoms with Gasteiger partial charge in [0, 0.05) is 32.7 Å². The van der Waals surface area contributed by atoms with Gasteiger partial charge in [0.25, 0.3) is 5.91 Å². The molecule has 0 bridgehead atoms. The van der Waals surface area contributed by atoms with Gasteiger partial charge >= 0.3 is 0 Å². The van der Waals surface area contributed by atoms with Crippen molar-refractivity contribution in [3.05, 3.63) is 41.7 Å². The van der Waals surface area contributed by atoms with Gasteiger partial charge in [-0.05, 0) is 32.0 Å². The molecular formula is C17H24N6O.